The highest BCUT2D eigenvalue weighted by Gasteiger charge is 2.66. The molecule has 1 aromatic carbocycles. The second-order valence-electron chi connectivity index (χ2n) is 15.6. The fourth-order valence-corrected chi connectivity index (χ4v) is 11.5. The van der Waals surface area contributed by atoms with E-state index in [2.05, 4.69) is 34.6 Å². The van der Waals surface area contributed by atoms with Crippen molar-refractivity contribution in [2.75, 3.05) is 6.61 Å². The van der Waals surface area contributed by atoms with E-state index in [1.807, 2.05) is 6.07 Å². The van der Waals surface area contributed by atoms with Gasteiger partial charge in [-0.25, -0.2) is 0 Å². The van der Waals surface area contributed by atoms with Crippen LogP contribution in [0.25, 0.3) is 0 Å². The van der Waals surface area contributed by atoms with Gasteiger partial charge in [-0.1, -0.05) is 65.0 Å². The van der Waals surface area contributed by atoms with Crippen LogP contribution in [0.4, 0.5) is 0 Å². The minimum absolute atomic E-state index is 0.00427. The van der Waals surface area contributed by atoms with Gasteiger partial charge in [-0.05, 0) is 109 Å². The Labute approximate surface area is 262 Å². The molecular weight excluding hydrogens is 552 g/mol. The Balaban J connectivity index is 1.29. The Bertz CT molecular complexity index is 1380. The van der Waals surface area contributed by atoms with Crippen LogP contribution in [-0.2, 0) is 23.9 Å². The summed E-state index contributed by atoms with van der Waals surface area (Å²) < 4.78 is 11.6. The average Bonchev–Trinajstić information content (AvgIpc) is 3.31. The molecule has 238 valence electrons. The lowest BCUT2D eigenvalue weighted by molar-refractivity contribution is -0.191. The summed E-state index contributed by atoms with van der Waals surface area (Å²) in [5.74, 6) is 1.33. The van der Waals surface area contributed by atoms with E-state index in [0.717, 1.165) is 56.1 Å². The molecule has 0 bridgehead atoms. The van der Waals surface area contributed by atoms with Crippen LogP contribution >= 0.6 is 0 Å². The Morgan fingerprint density at radius 1 is 0.909 bits per heavy atom. The van der Waals surface area contributed by atoms with Crippen LogP contribution < -0.4 is 0 Å². The Morgan fingerprint density at radius 2 is 1.57 bits per heavy atom. The Kier molecular flexibility index (Phi) is 7.98. The maximum absolute atomic E-state index is 14.1. The fraction of sp³-hybridized carbons (Fsp3) is 0.684. The zero-order chi connectivity index (χ0) is 31.6. The minimum atomic E-state index is -0.949. The summed E-state index contributed by atoms with van der Waals surface area (Å²) in [5.41, 5.74) is 1.78. The molecule has 0 aliphatic heterocycles. The first-order valence-corrected chi connectivity index (χ1v) is 17.0. The smallest absolute Gasteiger partial charge is 0.317 e. The zero-order valence-electron chi connectivity index (χ0n) is 27.4. The first-order valence-electron chi connectivity index (χ1n) is 17.0. The van der Waals surface area contributed by atoms with Crippen molar-refractivity contribution < 1.29 is 28.7 Å². The topological polar surface area (TPSA) is 86.7 Å². The number of fused-ring (bicyclic) bond motifs is 7. The molecule has 6 rings (SSSR count). The maximum atomic E-state index is 14.1. The van der Waals surface area contributed by atoms with Crippen molar-refractivity contribution in [1.29, 1.82) is 0 Å². The summed E-state index contributed by atoms with van der Waals surface area (Å²) in [6, 6.07) is 8.93. The molecule has 1 aromatic rings. The van der Waals surface area contributed by atoms with Crippen LogP contribution in [0, 0.1) is 51.8 Å². The predicted molar refractivity (Wildman–Crippen MR) is 167 cm³/mol. The van der Waals surface area contributed by atoms with Gasteiger partial charge in [0.1, 0.15) is 6.10 Å². The van der Waals surface area contributed by atoms with E-state index >= 15 is 0 Å². The number of Topliss-reactive ketones (excluding diaryl/α,β-unsaturated/α-hetero) is 2. The van der Waals surface area contributed by atoms with E-state index in [4.69, 9.17) is 9.47 Å². The molecule has 0 radical (unpaired) electrons. The number of carbonyl (C=O) groups excluding carboxylic acids is 4. The molecule has 0 aromatic heterocycles. The van der Waals surface area contributed by atoms with E-state index in [0.29, 0.717) is 35.7 Å². The molecule has 44 heavy (non-hydrogen) atoms. The fourth-order valence-electron chi connectivity index (χ4n) is 11.5. The highest BCUT2D eigenvalue weighted by atomic mass is 16.5. The third-order valence-corrected chi connectivity index (χ3v) is 13.3. The molecule has 4 fully saturated rings. The van der Waals surface area contributed by atoms with Crippen molar-refractivity contribution in [3.63, 3.8) is 0 Å². The Morgan fingerprint density at radius 3 is 2.25 bits per heavy atom. The predicted octanol–water partition coefficient (Wildman–Crippen LogP) is 7.54. The highest BCUT2D eigenvalue weighted by Crippen LogP contribution is 2.71. The Hall–Kier alpha value is -2.76. The molecule has 9 atom stereocenters. The van der Waals surface area contributed by atoms with Crippen molar-refractivity contribution in [2.45, 2.75) is 105 Å². The van der Waals surface area contributed by atoms with Gasteiger partial charge < -0.3 is 9.47 Å². The standard InChI is InChI=1S/C38H50O6/c1-22(2)33-29(40)20-38(35(42)43-21-30(41)25-10-8-7-9-11-25)19-15-28-26(34(33)38)12-13-32-36(5)18-16-31(44-24(4)39)23(3)27(36)14-17-37(28,32)6/h7-11,22-23,26-28,31-32H,12-21H2,1-6H3. The van der Waals surface area contributed by atoms with Gasteiger partial charge in [0.2, 0.25) is 0 Å². The highest BCUT2D eigenvalue weighted by molar-refractivity contribution is 6.06. The molecule has 0 spiro atoms. The summed E-state index contributed by atoms with van der Waals surface area (Å²) in [6.45, 7) is 12.7. The summed E-state index contributed by atoms with van der Waals surface area (Å²) in [7, 11) is 0. The molecule has 0 amide bonds. The van der Waals surface area contributed by atoms with Crippen molar-refractivity contribution >= 4 is 23.5 Å². The van der Waals surface area contributed by atoms with Crippen LogP contribution in [0.15, 0.2) is 41.5 Å². The normalized spacial score (nSPS) is 39.6. The third kappa shape index (κ3) is 4.72. The molecule has 0 heterocycles. The SMILES string of the molecule is CC(=O)OC1CCC2(C)C(CCC3(C)C4CCC5(C(=O)OCC(=O)c6ccccc6)CC(=O)C(C(C)C)=C5C4CCC32)C1C. The van der Waals surface area contributed by atoms with Crippen molar-refractivity contribution in [3.8, 4) is 0 Å². The lowest BCUT2D eigenvalue weighted by Gasteiger charge is -2.67. The monoisotopic (exact) mass is 602 g/mol. The molecule has 5 aliphatic rings. The van der Waals surface area contributed by atoms with E-state index in [1.165, 1.54) is 6.92 Å². The van der Waals surface area contributed by atoms with Gasteiger partial charge in [0.15, 0.2) is 18.2 Å². The van der Waals surface area contributed by atoms with E-state index in [9.17, 15) is 19.2 Å². The van der Waals surface area contributed by atoms with Crippen LogP contribution in [0.2, 0.25) is 0 Å². The summed E-state index contributed by atoms with van der Waals surface area (Å²) >= 11 is 0. The summed E-state index contributed by atoms with van der Waals surface area (Å²) in [6.07, 6.45) is 7.97. The van der Waals surface area contributed by atoms with E-state index < -0.39 is 5.41 Å². The summed E-state index contributed by atoms with van der Waals surface area (Å²) in [4.78, 5) is 52.5. The number of esters is 2. The molecular formula is C38H50O6. The first kappa shape index (κ1) is 31.2. The number of ketones is 2. The van der Waals surface area contributed by atoms with Gasteiger partial charge in [0.25, 0.3) is 0 Å². The first-order chi connectivity index (χ1) is 20.8. The zero-order valence-corrected chi connectivity index (χ0v) is 27.4. The van der Waals surface area contributed by atoms with Gasteiger partial charge in [-0.2, -0.15) is 0 Å². The molecule has 0 N–H and O–H groups in total. The number of ether oxygens (including phenoxy) is 2. The number of benzene rings is 1. The van der Waals surface area contributed by atoms with Crippen molar-refractivity contribution in [3.05, 3.63) is 47.0 Å². The van der Waals surface area contributed by atoms with Gasteiger partial charge in [0, 0.05) is 18.9 Å². The quantitative estimate of drug-likeness (QED) is 0.247. The van der Waals surface area contributed by atoms with E-state index in [-0.39, 0.29) is 65.3 Å². The number of hydrogen-bond donors (Lipinski definition) is 0. The lowest BCUT2D eigenvalue weighted by atomic mass is 9.38. The molecule has 6 nitrogen and oxygen atoms in total. The summed E-state index contributed by atoms with van der Waals surface area (Å²) in [5, 5.41) is 0. The van der Waals surface area contributed by atoms with Crippen LogP contribution in [0.3, 0.4) is 0 Å². The maximum Gasteiger partial charge on any atom is 0.317 e. The lowest BCUT2D eigenvalue weighted by Crippen LogP contribution is -2.61. The molecule has 9 unspecified atom stereocenters. The van der Waals surface area contributed by atoms with Gasteiger partial charge in [-0.3, -0.25) is 19.2 Å². The van der Waals surface area contributed by atoms with Crippen LogP contribution in [-0.4, -0.2) is 36.2 Å². The second kappa shape index (κ2) is 11.2. The number of allylic oxidation sites excluding steroid dienone is 1. The van der Waals surface area contributed by atoms with Crippen LogP contribution in [0.5, 0.6) is 0 Å². The van der Waals surface area contributed by atoms with Gasteiger partial charge in [0.05, 0.1) is 5.41 Å². The molecule has 0 saturated heterocycles. The third-order valence-electron chi connectivity index (χ3n) is 13.3. The minimum Gasteiger partial charge on any atom is -0.462 e. The second-order valence-corrected chi connectivity index (χ2v) is 15.6. The number of rotatable bonds is 6. The van der Waals surface area contributed by atoms with Crippen LogP contribution in [0.1, 0.15) is 110 Å². The average molecular weight is 603 g/mol. The van der Waals surface area contributed by atoms with Gasteiger partial charge >= 0.3 is 11.9 Å². The van der Waals surface area contributed by atoms with Gasteiger partial charge in [-0.15, -0.1) is 0 Å². The van der Waals surface area contributed by atoms with Crippen molar-refractivity contribution in [2.24, 2.45) is 51.8 Å². The number of carbonyl (C=O) groups is 4. The molecule has 4 saturated carbocycles. The van der Waals surface area contributed by atoms with E-state index in [1.54, 1.807) is 24.3 Å². The molecule has 5 aliphatic carbocycles. The molecule has 6 heteroatoms. The number of hydrogen-bond acceptors (Lipinski definition) is 6. The van der Waals surface area contributed by atoms with Crippen molar-refractivity contribution in [1.82, 2.24) is 0 Å². The largest absolute Gasteiger partial charge is 0.462 e.